The second-order valence-corrected chi connectivity index (χ2v) is 4.43. The molecule has 2 rings (SSSR count). The summed E-state index contributed by atoms with van der Waals surface area (Å²) in [6.07, 6.45) is 3.42. The van der Waals surface area contributed by atoms with Gasteiger partial charge in [0.15, 0.2) is 0 Å². The van der Waals surface area contributed by atoms with E-state index in [1.165, 1.54) is 0 Å². The van der Waals surface area contributed by atoms with Gasteiger partial charge < -0.3 is 9.47 Å². The van der Waals surface area contributed by atoms with E-state index in [1.54, 1.807) is 0 Å². The van der Waals surface area contributed by atoms with Crippen molar-refractivity contribution in [2.75, 3.05) is 13.2 Å². The normalized spacial score (nSPS) is 28.5. The number of hydrogen-bond acceptors (Lipinski definition) is 2. The zero-order valence-corrected chi connectivity index (χ0v) is 8.84. The maximum Gasteiger partial charge on any atom is 0.115 e. The molecular weight excluding hydrogens is 176 g/mol. The van der Waals surface area contributed by atoms with Gasteiger partial charge in [0.1, 0.15) is 11.4 Å². The maximum absolute atomic E-state index is 5.92. The Morgan fingerprint density at radius 1 is 1.43 bits per heavy atom. The highest BCUT2D eigenvalue weighted by Gasteiger charge is 2.53. The van der Waals surface area contributed by atoms with E-state index in [9.17, 15) is 0 Å². The van der Waals surface area contributed by atoms with Gasteiger partial charge in [0.25, 0.3) is 0 Å². The number of hydrogen-bond donors (Lipinski definition) is 0. The summed E-state index contributed by atoms with van der Waals surface area (Å²) in [5.41, 5.74) is 0.974. The van der Waals surface area contributed by atoms with E-state index >= 15 is 0 Å². The van der Waals surface area contributed by atoms with Gasteiger partial charge in [-0.1, -0.05) is 13.2 Å². The van der Waals surface area contributed by atoms with Gasteiger partial charge in [-0.3, -0.25) is 0 Å². The minimum atomic E-state index is 0.0481. The first-order valence-electron chi connectivity index (χ1n) is 5.25. The molecule has 0 amide bonds. The molecule has 0 bridgehead atoms. The van der Waals surface area contributed by atoms with Crippen LogP contribution in [0.3, 0.4) is 0 Å². The molecule has 0 aromatic heterocycles. The van der Waals surface area contributed by atoms with E-state index in [0.717, 1.165) is 43.8 Å². The molecule has 0 N–H and O–H groups in total. The first-order chi connectivity index (χ1) is 6.64. The van der Waals surface area contributed by atoms with Crippen LogP contribution in [0.25, 0.3) is 0 Å². The van der Waals surface area contributed by atoms with Crippen molar-refractivity contribution in [3.63, 3.8) is 0 Å². The van der Waals surface area contributed by atoms with E-state index in [-0.39, 0.29) is 5.60 Å². The van der Waals surface area contributed by atoms with E-state index < -0.39 is 0 Å². The summed E-state index contributed by atoms with van der Waals surface area (Å²) in [7, 11) is 0. The molecule has 1 saturated heterocycles. The summed E-state index contributed by atoms with van der Waals surface area (Å²) in [5.74, 6) is 1.31. The topological polar surface area (TPSA) is 18.5 Å². The summed E-state index contributed by atoms with van der Waals surface area (Å²) in [6, 6.07) is 0. The van der Waals surface area contributed by atoms with Crippen LogP contribution in [-0.2, 0) is 9.47 Å². The average Bonchev–Trinajstić information content (AvgIpc) is 2.72. The Hall–Kier alpha value is -0.760. The standard InChI is InChI=1S/C12H18O2/c1-9(2)10(3)14-12(5-6-12)11-4-7-13-8-11/h11H,1,3-8H2,2H3. The van der Waals surface area contributed by atoms with Crippen LogP contribution in [0.15, 0.2) is 24.5 Å². The number of allylic oxidation sites excluding steroid dienone is 1. The van der Waals surface area contributed by atoms with E-state index in [4.69, 9.17) is 9.47 Å². The Bertz CT molecular complexity index is 257. The molecular formula is C12H18O2. The average molecular weight is 194 g/mol. The predicted molar refractivity (Wildman–Crippen MR) is 55.9 cm³/mol. The van der Waals surface area contributed by atoms with E-state index in [0.29, 0.717) is 5.92 Å². The molecule has 1 unspecified atom stereocenters. The van der Waals surface area contributed by atoms with Gasteiger partial charge in [-0.15, -0.1) is 0 Å². The summed E-state index contributed by atoms with van der Waals surface area (Å²) >= 11 is 0. The van der Waals surface area contributed by atoms with Crippen LogP contribution in [0, 0.1) is 5.92 Å². The molecule has 0 aromatic rings. The molecule has 1 aliphatic heterocycles. The van der Waals surface area contributed by atoms with Crippen LogP contribution in [0.4, 0.5) is 0 Å². The Labute approximate surface area is 85.6 Å². The van der Waals surface area contributed by atoms with Gasteiger partial charge in [0.05, 0.1) is 6.61 Å². The first-order valence-corrected chi connectivity index (χ1v) is 5.25. The molecule has 14 heavy (non-hydrogen) atoms. The molecule has 1 atom stereocenters. The molecule has 78 valence electrons. The van der Waals surface area contributed by atoms with Gasteiger partial charge in [-0.2, -0.15) is 0 Å². The summed E-state index contributed by atoms with van der Waals surface area (Å²) < 4.78 is 11.3. The quantitative estimate of drug-likeness (QED) is 0.506. The summed E-state index contributed by atoms with van der Waals surface area (Å²) in [4.78, 5) is 0. The minimum Gasteiger partial charge on any atom is -0.487 e. The third-order valence-electron chi connectivity index (χ3n) is 3.22. The minimum absolute atomic E-state index is 0.0481. The molecule has 2 aliphatic rings. The van der Waals surface area contributed by atoms with Gasteiger partial charge in [0.2, 0.25) is 0 Å². The lowest BCUT2D eigenvalue weighted by molar-refractivity contribution is 0.0385. The van der Waals surface area contributed by atoms with Crippen molar-refractivity contribution in [3.05, 3.63) is 24.5 Å². The SMILES string of the molecule is C=C(C)C(=C)OC1(C2CCOC2)CC1. The largest absolute Gasteiger partial charge is 0.487 e. The van der Waals surface area contributed by atoms with Crippen molar-refractivity contribution in [2.24, 2.45) is 5.92 Å². The Kier molecular flexibility index (Phi) is 2.40. The summed E-state index contributed by atoms with van der Waals surface area (Å²) in [6.45, 7) is 11.4. The van der Waals surface area contributed by atoms with Gasteiger partial charge in [-0.05, 0) is 31.8 Å². The maximum atomic E-state index is 5.92. The fraction of sp³-hybridized carbons (Fsp3) is 0.667. The molecule has 0 aromatic carbocycles. The zero-order chi connectivity index (χ0) is 10.2. The second kappa shape index (κ2) is 3.43. The number of rotatable bonds is 4. The highest BCUT2D eigenvalue weighted by molar-refractivity contribution is 5.19. The molecule has 1 aliphatic carbocycles. The van der Waals surface area contributed by atoms with Crippen LogP contribution < -0.4 is 0 Å². The van der Waals surface area contributed by atoms with Crippen molar-refractivity contribution >= 4 is 0 Å². The van der Waals surface area contributed by atoms with Crippen molar-refractivity contribution in [3.8, 4) is 0 Å². The van der Waals surface area contributed by atoms with Crippen LogP contribution >= 0.6 is 0 Å². The zero-order valence-electron chi connectivity index (χ0n) is 8.84. The van der Waals surface area contributed by atoms with Gasteiger partial charge in [-0.25, -0.2) is 0 Å². The fourth-order valence-electron chi connectivity index (χ4n) is 2.00. The predicted octanol–water partition coefficient (Wildman–Crippen LogP) is 2.66. The van der Waals surface area contributed by atoms with E-state index in [2.05, 4.69) is 13.2 Å². The van der Waals surface area contributed by atoms with Crippen LogP contribution in [0.2, 0.25) is 0 Å². The summed E-state index contributed by atoms with van der Waals surface area (Å²) in [5, 5.41) is 0. The smallest absolute Gasteiger partial charge is 0.115 e. The van der Waals surface area contributed by atoms with Crippen molar-refractivity contribution in [1.82, 2.24) is 0 Å². The Morgan fingerprint density at radius 3 is 2.57 bits per heavy atom. The molecule has 2 nitrogen and oxygen atoms in total. The molecule has 1 heterocycles. The van der Waals surface area contributed by atoms with Crippen LogP contribution in [0.1, 0.15) is 26.2 Å². The third-order valence-corrected chi connectivity index (χ3v) is 3.22. The first kappa shape index (κ1) is 9.78. The molecule has 1 saturated carbocycles. The Morgan fingerprint density at radius 2 is 2.14 bits per heavy atom. The lowest BCUT2D eigenvalue weighted by atomic mass is 9.99. The number of ether oxygens (including phenoxy) is 2. The molecule has 0 spiro atoms. The van der Waals surface area contributed by atoms with Crippen LogP contribution in [-0.4, -0.2) is 18.8 Å². The highest BCUT2D eigenvalue weighted by Crippen LogP contribution is 2.50. The highest BCUT2D eigenvalue weighted by atomic mass is 16.5. The van der Waals surface area contributed by atoms with Crippen molar-refractivity contribution in [2.45, 2.75) is 31.8 Å². The van der Waals surface area contributed by atoms with E-state index in [1.807, 2.05) is 6.92 Å². The molecule has 2 heteroatoms. The van der Waals surface area contributed by atoms with Crippen LogP contribution in [0.5, 0.6) is 0 Å². The second-order valence-electron chi connectivity index (χ2n) is 4.43. The lowest BCUT2D eigenvalue weighted by Gasteiger charge is -2.24. The van der Waals surface area contributed by atoms with Gasteiger partial charge >= 0.3 is 0 Å². The lowest BCUT2D eigenvalue weighted by Crippen LogP contribution is -2.26. The Balaban J connectivity index is 1.95. The fourth-order valence-corrected chi connectivity index (χ4v) is 2.00. The van der Waals surface area contributed by atoms with Crippen molar-refractivity contribution < 1.29 is 9.47 Å². The third kappa shape index (κ3) is 1.71. The monoisotopic (exact) mass is 194 g/mol. The van der Waals surface area contributed by atoms with Crippen molar-refractivity contribution in [1.29, 1.82) is 0 Å². The van der Waals surface area contributed by atoms with Gasteiger partial charge in [0, 0.05) is 12.5 Å². The molecule has 0 radical (unpaired) electrons. The molecule has 2 fully saturated rings.